The monoisotopic (exact) mass is 1040 g/mol. The first-order valence-corrected chi connectivity index (χ1v) is 28.6. The van der Waals surface area contributed by atoms with E-state index < -0.39 is 5.41 Å². The van der Waals surface area contributed by atoms with Crippen molar-refractivity contribution in [2.24, 2.45) is 0 Å². The maximum Gasteiger partial charge on any atom is 0.0714 e. The zero-order valence-corrected chi connectivity index (χ0v) is 46.4. The van der Waals surface area contributed by atoms with Crippen molar-refractivity contribution in [3.63, 3.8) is 0 Å². The van der Waals surface area contributed by atoms with Crippen molar-refractivity contribution in [3.05, 3.63) is 348 Å². The Bertz CT molecular complexity index is 4160. The van der Waals surface area contributed by atoms with Crippen molar-refractivity contribution >= 4 is 0 Å². The van der Waals surface area contributed by atoms with Crippen LogP contribution in [0.3, 0.4) is 0 Å². The topological polar surface area (TPSA) is 0 Å². The van der Waals surface area contributed by atoms with Gasteiger partial charge in [0.25, 0.3) is 0 Å². The lowest BCUT2D eigenvalue weighted by molar-refractivity contribution is 0.769. The molecule has 13 aromatic carbocycles. The van der Waals surface area contributed by atoms with E-state index in [2.05, 4.69) is 330 Å². The van der Waals surface area contributed by atoms with Crippen LogP contribution in [0.25, 0.3) is 111 Å². The molecule has 0 aliphatic heterocycles. The second-order valence-corrected chi connectivity index (χ2v) is 22.2. The van der Waals surface area contributed by atoms with Gasteiger partial charge >= 0.3 is 0 Å². The molecule has 0 heterocycles. The van der Waals surface area contributed by atoms with Crippen molar-refractivity contribution in [3.8, 4) is 111 Å². The third-order valence-corrected chi connectivity index (χ3v) is 17.0. The number of aryl methyl sites for hydroxylation is 3. The van der Waals surface area contributed by atoms with Gasteiger partial charge in [-0.1, -0.05) is 254 Å². The van der Waals surface area contributed by atoms with Gasteiger partial charge in [-0.05, 0) is 226 Å². The van der Waals surface area contributed by atoms with Crippen molar-refractivity contribution in [2.75, 3.05) is 0 Å². The maximum absolute atomic E-state index is 2.48. The van der Waals surface area contributed by atoms with E-state index in [1.165, 1.54) is 150 Å². The summed E-state index contributed by atoms with van der Waals surface area (Å²) in [6, 6.07) is 115. The molecule has 0 atom stereocenters. The summed E-state index contributed by atoms with van der Waals surface area (Å²) in [5.41, 5.74) is 32.4. The largest absolute Gasteiger partial charge is 0.0714 e. The van der Waals surface area contributed by atoms with Crippen molar-refractivity contribution in [2.45, 2.75) is 26.2 Å². The summed E-state index contributed by atoms with van der Waals surface area (Å²) >= 11 is 0. The number of hydrogen-bond acceptors (Lipinski definition) is 0. The molecule has 1 aliphatic carbocycles. The first-order valence-electron chi connectivity index (χ1n) is 28.6. The summed E-state index contributed by atoms with van der Waals surface area (Å²) in [7, 11) is 0. The Morgan fingerprint density at radius 2 is 0.476 bits per heavy atom. The maximum atomic E-state index is 2.48. The lowest BCUT2D eigenvalue weighted by Gasteiger charge is -2.34. The highest BCUT2D eigenvalue weighted by atomic mass is 14.5. The third kappa shape index (κ3) is 9.09. The highest BCUT2D eigenvalue weighted by molar-refractivity contribution is 5.97. The molecule has 0 unspecified atom stereocenters. The fraction of sp³-hybridized carbons (Fsp3) is 0.0488. The molecule has 0 saturated carbocycles. The molecule has 0 bridgehead atoms. The van der Waals surface area contributed by atoms with E-state index >= 15 is 0 Å². The average Bonchev–Trinajstić information content (AvgIpc) is 2.20. The second kappa shape index (κ2) is 21.2. The summed E-state index contributed by atoms with van der Waals surface area (Å²) in [5.74, 6) is 0. The Morgan fingerprint density at radius 3 is 0.890 bits per heavy atom. The lowest BCUT2D eigenvalue weighted by Crippen LogP contribution is -2.28. The Hall–Kier alpha value is -10.1. The van der Waals surface area contributed by atoms with E-state index in [1.807, 2.05) is 0 Å². The van der Waals surface area contributed by atoms with Crippen LogP contribution in [0.1, 0.15) is 38.9 Å². The Labute approximate surface area is 483 Å². The normalized spacial score (nSPS) is 12.2. The molecule has 14 rings (SSSR count). The predicted molar refractivity (Wildman–Crippen MR) is 347 cm³/mol. The molecule has 1 aliphatic rings. The zero-order chi connectivity index (χ0) is 55.2. The van der Waals surface area contributed by atoms with Crippen LogP contribution in [0, 0.1) is 20.8 Å². The molecule has 0 radical (unpaired) electrons. The zero-order valence-electron chi connectivity index (χ0n) is 46.4. The molecule has 0 saturated heterocycles. The molecule has 0 spiro atoms. The number of hydrogen-bond donors (Lipinski definition) is 0. The van der Waals surface area contributed by atoms with Crippen molar-refractivity contribution in [1.82, 2.24) is 0 Å². The van der Waals surface area contributed by atoms with Gasteiger partial charge in [0.2, 0.25) is 0 Å². The van der Waals surface area contributed by atoms with E-state index in [1.54, 1.807) is 0 Å². The van der Waals surface area contributed by atoms with E-state index in [0.717, 1.165) is 0 Å². The van der Waals surface area contributed by atoms with Crippen molar-refractivity contribution < 1.29 is 0 Å². The first-order chi connectivity index (χ1) is 40.3. The Kier molecular flexibility index (Phi) is 12.9. The van der Waals surface area contributed by atoms with Gasteiger partial charge < -0.3 is 0 Å². The highest BCUT2D eigenvalue weighted by Gasteiger charge is 2.47. The number of fused-ring (bicyclic) bond motifs is 3. The molecule has 0 fully saturated rings. The molecule has 0 nitrogen and oxygen atoms in total. The highest BCUT2D eigenvalue weighted by Crippen LogP contribution is 2.59. The smallest absolute Gasteiger partial charge is 0.0622 e. The minimum atomic E-state index is -0.682. The summed E-state index contributed by atoms with van der Waals surface area (Å²) in [5, 5.41) is 0. The molecular formula is C82H60. The van der Waals surface area contributed by atoms with Crippen LogP contribution < -0.4 is 0 Å². The van der Waals surface area contributed by atoms with E-state index in [4.69, 9.17) is 0 Å². The van der Waals surface area contributed by atoms with Gasteiger partial charge in [0.05, 0.1) is 5.41 Å². The van der Waals surface area contributed by atoms with Crippen LogP contribution >= 0.6 is 0 Å². The molecular weight excluding hydrogens is 985 g/mol. The third-order valence-electron chi connectivity index (χ3n) is 17.0. The molecule has 13 aromatic rings. The van der Waals surface area contributed by atoms with E-state index in [0.29, 0.717) is 0 Å². The quantitative estimate of drug-likeness (QED) is 0.121. The summed E-state index contributed by atoms with van der Waals surface area (Å²) in [6.45, 7) is 6.76. The number of rotatable bonds is 11. The first kappa shape index (κ1) is 50.1. The Balaban J connectivity index is 0.947. The van der Waals surface area contributed by atoms with Crippen LogP contribution in [0.4, 0.5) is 0 Å². The fourth-order valence-corrected chi connectivity index (χ4v) is 13.3. The lowest BCUT2D eigenvalue weighted by atomic mass is 9.66. The molecule has 0 N–H and O–H groups in total. The van der Waals surface area contributed by atoms with Gasteiger partial charge in [0.15, 0.2) is 0 Å². The molecule has 0 heteroatoms. The SMILES string of the molecule is Cc1cc(C)c(-c2cccc3c2-c2ccccc2C3(c2cccc(-c3cccc(-c4cc(-c5ccccc5)cc(-c5ccccc5)c4)c3)c2)c2cccc(-c3cccc(-c4cc(-c5ccccc5)cc(-c5ccccc5)c4)c3)c2)c(C)c1. The summed E-state index contributed by atoms with van der Waals surface area (Å²) in [4.78, 5) is 0. The number of benzene rings is 13. The molecule has 388 valence electrons. The van der Waals surface area contributed by atoms with Crippen LogP contribution in [0.5, 0.6) is 0 Å². The van der Waals surface area contributed by atoms with Crippen LogP contribution in [-0.2, 0) is 5.41 Å². The van der Waals surface area contributed by atoms with Gasteiger partial charge in [-0.25, -0.2) is 0 Å². The summed E-state index contributed by atoms with van der Waals surface area (Å²) < 4.78 is 0. The second-order valence-electron chi connectivity index (χ2n) is 22.2. The van der Waals surface area contributed by atoms with Crippen LogP contribution in [-0.4, -0.2) is 0 Å². The van der Waals surface area contributed by atoms with E-state index in [9.17, 15) is 0 Å². The van der Waals surface area contributed by atoms with Gasteiger partial charge in [-0.15, -0.1) is 0 Å². The molecule has 0 aromatic heterocycles. The van der Waals surface area contributed by atoms with Crippen LogP contribution in [0.15, 0.2) is 309 Å². The predicted octanol–water partition coefficient (Wildman–Crippen LogP) is 22.0. The van der Waals surface area contributed by atoms with Gasteiger partial charge in [0.1, 0.15) is 0 Å². The minimum absolute atomic E-state index is 0.682. The molecule has 0 amide bonds. The minimum Gasteiger partial charge on any atom is -0.0622 e. The summed E-state index contributed by atoms with van der Waals surface area (Å²) in [6.07, 6.45) is 0. The van der Waals surface area contributed by atoms with Gasteiger partial charge in [0, 0.05) is 0 Å². The average molecular weight is 1050 g/mol. The van der Waals surface area contributed by atoms with E-state index in [-0.39, 0.29) is 0 Å². The van der Waals surface area contributed by atoms with Crippen LogP contribution in [0.2, 0.25) is 0 Å². The Morgan fingerprint density at radius 1 is 0.195 bits per heavy atom. The fourth-order valence-electron chi connectivity index (χ4n) is 13.3. The van der Waals surface area contributed by atoms with Crippen molar-refractivity contribution in [1.29, 1.82) is 0 Å². The van der Waals surface area contributed by atoms with Gasteiger partial charge in [-0.2, -0.15) is 0 Å². The standard InChI is InChI=1S/C82H60/c1-55-43-56(2)80(57(3)44-55)77-40-22-42-79-81(77)76-39-16-17-41-78(76)82(79,74-37-20-35-66(53-74)62-31-18-33-64(45-62)72-49-68(58-23-8-4-9-24-58)47-69(50-72)59-25-10-5-11-26-59)75-38-21-36-67(54-75)63-32-19-34-65(46-63)73-51-70(60-27-12-6-13-28-60)48-71(52-73)61-29-14-7-15-30-61/h4-54H,1-3H3. The molecule has 82 heavy (non-hydrogen) atoms. The van der Waals surface area contributed by atoms with Gasteiger partial charge in [-0.3, -0.25) is 0 Å².